The van der Waals surface area contributed by atoms with E-state index >= 15 is 0 Å². The van der Waals surface area contributed by atoms with Gasteiger partial charge in [-0.2, -0.15) is 0 Å². The summed E-state index contributed by atoms with van der Waals surface area (Å²) < 4.78 is 68.5. The van der Waals surface area contributed by atoms with Crippen LogP contribution in [0.15, 0.2) is 0 Å². The summed E-state index contributed by atoms with van der Waals surface area (Å²) in [6.07, 6.45) is 53.9. The van der Waals surface area contributed by atoms with Gasteiger partial charge in [0.15, 0.2) is 12.2 Å². The Hall–Kier alpha value is -1.94. The van der Waals surface area contributed by atoms with Gasteiger partial charge >= 0.3 is 39.5 Å². The average molecular weight is 1380 g/mol. The number of hydrogen-bond acceptors (Lipinski definition) is 15. The van der Waals surface area contributed by atoms with Crippen LogP contribution >= 0.6 is 15.6 Å². The largest absolute Gasteiger partial charge is 0.472 e. The Bertz CT molecular complexity index is 1820. The summed E-state index contributed by atoms with van der Waals surface area (Å²) in [6, 6.07) is 0. The highest BCUT2D eigenvalue weighted by molar-refractivity contribution is 7.47. The molecular formula is C75H146O17P2. The van der Waals surface area contributed by atoms with E-state index in [-0.39, 0.29) is 25.7 Å². The predicted octanol–water partition coefficient (Wildman–Crippen LogP) is 21.9. The molecule has 0 aliphatic carbocycles. The minimum absolute atomic E-state index is 0.105. The maximum absolute atomic E-state index is 13.1. The lowest BCUT2D eigenvalue weighted by Crippen LogP contribution is -2.30. The Morgan fingerprint density at radius 1 is 0.309 bits per heavy atom. The molecule has 0 heterocycles. The summed E-state index contributed by atoms with van der Waals surface area (Å²) in [5.41, 5.74) is 0. The first-order valence-electron chi connectivity index (χ1n) is 39.0. The number of ether oxygens (including phenoxy) is 4. The Morgan fingerprint density at radius 2 is 0.543 bits per heavy atom. The summed E-state index contributed by atoms with van der Waals surface area (Å²) >= 11 is 0. The van der Waals surface area contributed by atoms with Gasteiger partial charge in [-0.05, 0) is 37.5 Å². The summed E-state index contributed by atoms with van der Waals surface area (Å²) in [5.74, 6) is -0.560. The number of hydrogen-bond donors (Lipinski definition) is 3. The van der Waals surface area contributed by atoms with Crippen LogP contribution in [0.3, 0.4) is 0 Å². The normalized spacial score (nSPS) is 14.3. The van der Waals surface area contributed by atoms with Crippen molar-refractivity contribution < 1.29 is 80.2 Å². The number of esters is 4. The second kappa shape index (κ2) is 66.9. The molecule has 0 amide bonds. The van der Waals surface area contributed by atoms with Gasteiger partial charge < -0.3 is 33.8 Å². The highest BCUT2D eigenvalue weighted by atomic mass is 31.2. The van der Waals surface area contributed by atoms with E-state index in [0.29, 0.717) is 25.7 Å². The lowest BCUT2D eigenvalue weighted by atomic mass is 9.99. The van der Waals surface area contributed by atoms with Crippen LogP contribution in [0.25, 0.3) is 0 Å². The van der Waals surface area contributed by atoms with Gasteiger partial charge in [0.25, 0.3) is 0 Å². The number of aliphatic hydroxyl groups is 1. The van der Waals surface area contributed by atoms with E-state index in [1.165, 1.54) is 205 Å². The third-order valence-corrected chi connectivity index (χ3v) is 19.7. The van der Waals surface area contributed by atoms with Crippen molar-refractivity contribution in [3.63, 3.8) is 0 Å². The van der Waals surface area contributed by atoms with E-state index in [9.17, 15) is 43.2 Å². The fraction of sp³-hybridized carbons (Fsp3) is 0.947. The van der Waals surface area contributed by atoms with Gasteiger partial charge in [-0.3, -0.25) is 37.3 Å². The summed E-state index contributed by atoms with van der Waals surface area (Å²) in [7, 11) is -9.91. The molecular weight excluding hydrogens is 1230 g/mol. The van der Waals surface area contributed by atoms with Crippen LogP contribution in [0.2, 0.25) is 0 Å². The third kappa shape index (κ3) is 67.3. The van der Waals surface area contributed by atoms with Gasteiger partial charge in [0.05, 0.1) is 26.4 Å². The maximum atomic E-state index is 13.1. The second-order valence-corrected chi connectivity index (χ2v) is 30.7. The molecule has 3 unspecified atom stereocenters. The molecule has 0 rings (SSSR count). The van der Waals surface area contributed by atoms with Crippen LogP contribution in [0, 0.1) is 11.8 Å². The van der Waals surface area contributed by atoms with Crippen LogP contribution < -0.4 is 0 Å². The highest BCUT2D eigenvalue weighted by Crippen LogP contribution is 2.45. The van der Waals surface area contributed by atoms with Crippen molar-refractivity contribution in [3.05, 3.63) is 0 Å². The first-order valence-corrected chi connectivity index (χ1v) is 42.0. The SMILES string of the molecule is CCCCCCCCCCCCCCCCCC(=O)OC[C@H](COP(=O)(O)OC[C@@H](O)COP(=O)(O)OC[C@@H](COC(=O)CCCCCCCCCCCCC)OC(=O)CCCCCCCCCCC(C)CC)OC(=O)CCCCCCCCCCCCCCCC(C)C. The molecule has 0 aromatic rings. The fourth-order valence-corrected chi connectivity index (χ4v) is 13.0. The van der Waals surface area contributed by atoms with E-state index in [0.717, 1.165) is 102 Å². The number of rotatable bonds is 74. The van der Waals surface area contributed by atoms with Gasteiger partial charge in [-0.1, -0.05) is 337 Å². The number of unbranched alkanes of at least 4 members (excludes halogenated alkanes) is 43. The summed E-state index contributed by atoms with van der Waals surface area (Å²) in [6.45, 7) is 9.60. The Morgan fingerprint density at radius 3 is 0.809 bits per heavy atom. The number of phosphoric ester groups is 2. The molecule has 0 saturated carbocycles. The van der Waals surface area contributed by atoms with Crippen molar-refractivity contribution in [2.24, 2.45) is 11.8 Å². The van der Waals surface area contributed by atoms with Crippen molar-refractivity contribution in [3.8, 4) is 0 Å². The molecule has 3 N–H and O–H groups in total. The van der Waals surface area contributed by atoms with E-state index in [1.54, 1.807) is 0 Å². The topological polar surface area (TPSA) is 237 Å². The zero-order valence-corrected chi connectivity index (χ0v) is 63.1. The number of carbonyl (C=O) groups is 4. The van der Waals surface area contributed by atoms with Gasteiger partial charge in [0.1, 0.15) is 19.3 Å². The van der Waals surface area contributed by atoms with Crippen LogP contribution in [-0.2, 0) is 65.4 Å². The molecule has 94 heavy (non-hydrogen) atoms. The molecule has 558 valence electrons. The monoisotopic (exact) mass is 1380 g/mol. The molecule has 19 heteroatoms. The van der Waals surface area contributed by atoms with Crippen LogP contribution in [0.1, 0.15) is 388 Å². The fourth-order valence-electron chi connectivity index (χ4n) is 11.4. The van der Waals surface area contributed by atoms with Crippen molar-refractivity contribution in [1.29, 1.82) is 0 Å². The molecule has 6 atom stereocenters. The van der Waals surface area contributed by atoms with Gasteiger partial charge in [-0.15, -0.1) is 0 Å². The van der Waals surface area contributed by atoms with Crippen LogP contribution in [0.4, 0.5) is 0 Å². The van der Waals surface area contributed by atoms with Crippen molar-refractivity contribution in [2.75, 3.05) is 39.6 Å². The number of aliphatic hydroxyl groups excluding tert-OH is 1. The number of carbonyl (C=O) groups excluding carboxylic acids is 4. The van der Waals surface area contributed by atoms with Gasteiger partial charge in [0.2, 0.25) is 0 Å². The lowest BCUT2D eigenvalue weighted by Gasteiger charge is -2.21. The van der Waals surface area contributed by atoms with Crippen molar-refractivity contribution >= 4 is 39.5 Å². The molecule has 0 aromatic carbocycles. The van der Waals surface area contributed by atoms with Crippen molar-refractivity contribution in [1.82, 2.24) is 0 Å². The van der Waals surface area contributed by atoms with E-state index in [2.05, 4.69) is 41.5 Å². The van der Waals surface area contributed by atoms with Crippen LogP contribution in [0.5, 0.6) is 0 Å². The molecule has 0 aromatic heterocycles. The van der Waals surface area contributed by atoms with Gasteiger partial charge in [-0.25, -0.2) is 9.13 Å². The lowest BCUT2D eigenvalue weighted by molar-refractivity contribution is -0.161. The summed E-state index contributed by atoms with van der Waals surface area (Å²) in [4.78, 5) is 72.8. The smallest absolute Gasteiger partial charge is 0.462 e. The Balaban J connectivity index is 5.26. The Labute approximate surface area is 575 Å². The average Bonchev–Trinajstić information content (AvgIpc) is 3.25. The summed E-state index contributed by atoms with van der Waals surface area (Å²) in [5, 5.41) is 10.6. The number of phosphoric acid groups is 2. The first kappa shape index (κ1) is 92.1. The van der Waals surface area contributed by atoms with E-state index in [1.807, 2.05) is 0 Å². The maximum Gasteiger partial charge on any atom is 0.472 e. The zero-order valence-electron chi connectivity index (χ0n) is 61.3. The second-order valence-electron chi connectivity index (χ2n) is 27.8. The minimum Gasteiger partial charge on any atom is -0.462 e. The molecule has 0 bridgehead atoms. The van der Waals surface area contributed by atoms with Crippen molar-refractivity contribution in [2.45, 2.75) is 407 Å². The predicted molar refractivity (Wildman–Crippen MR) is 381 cm³/mol. The molecule has 0 radical (unpaired) electrons. The molecule has 0 aliphatic heterocycles. The zero-order chi connectivity index (χ0) is 69.3. The molecule has 0 aliphatic rings. The van der Waals surface area contributed by atoms with Crippen LogP contribution in [-0.4, -0.2) is 96.7 Å². The quantitative estimate of drug-likeness (QED) is 0.0222. The molecule has 17 nitrogen and oxygen atoms in total. The Kier molecular flexibility index (Phi) is 65.5. The molecule has 0 fully saturated rings. The minimum atomic E-state index is -4.96. The molecule has 0 saturated heterocycles. The first-order chi connectivity index (χ1) is 45.4. The standard InChI is InChI=1S/C75H146O17P2/c1-7-10-12-14-16-18-20-21-22-25-29-33-40-46-52-58-73(78)86-63-70(91-74(79)59-53-47-41-34-30-26-23-24-28-31-37-43-49-55-67(4)5)65-89-93(81,82)87-61-69(76)62-88-94(83,84)90-66-71(64-85-72(77)57-51-45-39-32-27-19-17-15-13-11-8-2)92-75(80)60-54-48-42-36-35-38-44-50-56-68(6)9-3/h67-71,76H,7-66H2,1-6H3,(H,81,82)(H,83,84)/t68?,69-,70-,71-/m1/s1. The van der Waals surface area contributed by atoms with Gasteiger partial charge in [0, 0.05) is 25.7 Å². The third-order valence-electron chi connectivity index (χ3n) is 17.8. The highest BCUT2D eigenvalue weighted by Gasteiger charge is 2.30. The van der Waals surface area contributed by atoms with E-state index in [4.69, 9.17) is 37.0 Å². The van der Waals surface area contributed by atoms with E-state index < -0.39 is 97.5 Å². The molecule has 0 spiro atoms.